The third kappa shape index (κ3) is 7.38. The number of carbonyl (C=O) groups is 3. The second-order valence-corrected chi connectivity index (χ2v) is 8.90. The van der Waals surface area contributed by atoms with E-state index in [2.05, 4.69) is 23.3 Å². The number of aliphatic carboxylic acids is 1. The smallest absolute Gasteiger partial charge is 0.326 e. The molecule has 1 saturated carbocycles. The third-order valence-electron chi connectivity index (χ3n) is 5.30. The molecule has 7 heteroatoms. The largest absolute Gasteiger partial charge is 0.480 e. The quantitative estimate of drug-likeness (QED) is 0.462. The maximum atomic E-state index is 12.9. The Morgan fingerprint density at radius 1 is 1.07 bits per heavy atom. The Kier molecular flexibility index (Phi) is 9.01. The number of hydrogen-bond acceptors (Lipinski definition) is 4. The van der Waals surface area contributed by atoms with E-state index in [-0.39, 0.29) is 23.0 Å². The molecule has 0 spiro atoms. The summed E-state index contributed by atoms with van der Waals surface area (Å²) in [5, 5.41) is 14.9. The first-order chi connectivity index (χ1) is 13.8. The molecule has 6 nitrogen and oxygen atoms in total. The van der Waals surface area contributed by atoms with Gasteiger partial charge >= 0.3 is 5.97 Å². The van der Waals surface area contributed by atoms with Gasteiger partial charge in [0.05, 0.1) is 0 Å². The highest BCUT2D eigenvalue weighted by atomic mass is 32.1. The first-order valence-corrected chi connectivity index (χ1v) is 10.8. The van der Waals surface area contributed by atoms with Gasteiger partial charge in [0.15, 0.2) is 0 Å². The van der Waals surface area contributed by atoms with Gasteiger partial charge in [-0.25, -0.2) is 4.79 Å². The van der Waals surface area contributed by atoms with Crippen LogP contribution >= 0.6 is 12.6 Å². The Labute approximate surface area is 178 Å². The summed E-state index contributed by atoms with van der Waals surface area (Å²) in [5.74, 6) is -1.84. The van der Waals surface area contributed by atoms with Crippen LogP contribution in [0.1, 0.15) is 51.5 Å². The van der Waals surface area contributed by atoms with Gasteiger partial charge in [-0.3, -0.25) is 9.59 Å². The molecular weight excluding hydrogens is 388 g/mol. The minimum Gasteiger partial charge on any atom is -0.480 e. The van der Waals surface area contributed by atoms with Crippen molar-refractivity contribution in [2.75, 3.05) is 0 Å². The molecule has 160 valence electrons. The van der Waals surface area contributed by atoms with Crippen molar-refractivity contribution in [3.05, 3.63) is 35.9 Å². The van der Waals surface area contributed by atoms with Gasteiger partial charge in [-0.2, -0.15) is 12.6 Å². The van der Waals surface area contributed by atoms with Gasteiger partial charge in [0.2, 0.25) is 11.8 Å². The highest BCUT2D eigenvalue weighted by Crippen LogP contribution is 2.28. The number of carboxylic acid groups (broad SMARTS) is 1. The van der Waals surface area contributed by atoms with E-state index >= 15 is 0 Å². The lowest BCUT2D eigenvalue weighted by molar-refractivity contribution is -0.142. The number of carboxylic acids is 1. The molecule has 0 bridgehead atoms. The van der Waals surface area contributed by atoms with Crippen LogP contribution in [0.5, 0.6) is 0 Å². The Morgan fingerprint density at radius 3 is 2.31 bits per heavy atom. The molecule has 1 aliphatic carbocycles. The van der Waals surface area contributed by atoms with Crippen molar-refractivity contribution >= 4 is 30.4 Å². The molecule has 29 heavy (non-hydrogen) atoms. The lowest BCUT2D eigenvalue weighted by Crippen LogP contribution is -2.54. The van der Waals surface area contributed by atoms with Crippen LogP contribution in [0.15, 0.2) is 30.3 Å². The predicted molar refractivity (Wildman–Crippen MR) is 116 cm³/mol. The molecule has 4 atom stereocenters. The van der Waals surface area contributed by atoms with Gasteiger partial charge < -0.3 is 15.7 Å². The van der Waals surface area contributed by atoms with Crippen LogP contribution in [0.3, 0.4) is 0 Å². The fraction of sp³-hybridized carbons (Fsp3) is 0.591. The van der Waals surface area contributed by atoms with Gasteiger partial charge in [0.1, 0.15) is 12.1 Å². The SMILES string of the molecule is CC(C)C[C@H](NC(=O)[C@H](Cc1ccccc1)NC(=O)[C@@H]1CCCC[C@H]1S)C(=O)O. The van der Waals surface area contributed by atoms with E-state index in [0.29, 0.717) is 12.8 Å². The number of rotatable bonds is 9. The Balaban J connectivity index is 2.13. The molecule has 1 aliphatic rings. The van der Waals surface area contributed by atoms with Crippen molar-refractivity contribution in [2.24, 2.45) is 11.8 Å². The minimum atomic E-state index is -1.07. The Bertz CT molecular complexity index is 695. The summed E-state index contributed by atoms with van der Waals surface area (Å²) in [6, 6.07) is 7.58. The van der Waals surface area contributed by atoms with Crippen molar-refractivity contribution in [1.82, 2.24) is 10.6 Å². The summed E-state index contributed by atoms with van der Waals surface area (Å²) < 4.78 is 0. The fourth-order valence-corrected chi connectivity index (χ4v) is 4.19. The fourth-order valence-electron chi connectivity index (χ4n) is 3.72. The summed E-state index contributed by atoms with van der Waals surface area (Å²) in [6.45, 7) is 3.81. The van der Waals surface area contributed by atoms with Crippen LogP contribution in [0.2, 0.25) is 0 Å². The first-order valence-electron chi connectivity index (χ1n) is 10.3. The van der Waals surface area contributed by atoms with E-state index in [0.717, 1.165) is 31.2 Å². The van der Waals surface area contributed by atoms with Crippen LogP contribution in [-0.2, 0) is 20.8 Å². The Morgan fingerprint density at radius 2 is 1.72 bits per heavy atom. The summed E-state index contributed by atoms with van der Waals surface area (Å²) in [4.78, 5) is 37.3. The van der Waals surface area contributed by atoms with E-state index in [4.69, 9.17) is 0 Å². The number of benzene rings is 1. The zero-order chi connectivity index (χ0) is 21.4. The van der Waals surface area contributed by atoms with Crippen LogP contribution in [0.4, 0.5) is 0 Å². The summed E-state index contributed by atoms with van der Waals surface area (Å²) in [6.07, 6.45) is 4.29. The topological polar surface area (TPSA) is 95.5 Å². The molecule has 1 fully saturated rings. The second-order valence-electron chi connectivity index (χ2n) is 8.24. The molecule has 0 saturated heterocycles. The molecule has 3 N–H and O–H groups in total. The highest BCUT2D eigenvalue weighted by molar-refractivity contribution is 7.81. The van der Waals surface area contributed by atoms with Crippen molar-refractivity contribution in [2.45, 2.75) is 69.7 Å². The predicted octanol–water partition coefficient (Wildman–Crippen LogP) is 2.82. The van der Waals surface area contributed by atoms with Crippen molar-refractivity contribution in [1.29, 1.82) is 0 Å². The van der Waals surface area contributed by atoms with Gasteiger partial charge in [0.25, 0.3) is 0 Å². The number of nitrogens with one attached hydrogen (secondary N) is 2. The lowest BCUT2D eigenvalue weighted by atomic mass is 9.87. The molecule has 0 radical (unpaired) electrons. The normalized spacial score (nSPS) is 21.2. The van der Waals surface area contributed by atoms with Crippen molar-refractivity contribution in [3.8, 4) is 0 Å². The number of hydrogen-bond donors (Lipinski definition) is 4. The van der Waals surface area contributed by atoms with Crippen LogP contribution in [0.25, 0.3) is 0 Å². The minimum absolute atomic E-state index is 0.0168. The molecule has 2 rings (SSSR count). The maximum Gasteiger partial charge on any atom is 0.326 e. The van der Waals surface area contributed by atoms with E-state index in [1.165, 1.54) is 0 Å². The zero-order valence-electron chi connectivity index (χ0n) is 17.1. The van der Waals surface area contributed by atoms with E-state index in [1.807, 2.05) is 44.2 Å². The summed E-state index contributed by atoms with van der Waals surface area (Å²) in [7, 11) is 0. The van der Waals surface area contributed by atoms with Gasteiger partial charge in [-0.05, 0) is 30.7 Å². The van der Waals surface area contributed by atoms with Gasteiger partial charge in [0, 0.05) is 17.6 Å². The van der Waals surface area contributed by atoms with Crippen LogP contribution in [-0.4, -0.2) is 40.2 Å². The molecule has 1 aromatic carbocycles. The van der Waals surface area contributed by atoms with E-state index < -0.39 is 24.0 Å². The number of carbonyl (C=O) groups excluding carboxylic acids is 2. The average Bonchev–Trinajstić information content (AvgIpc) is 2.67. The maximum absolute atomic E-state index is 12.9. The molecule has 1 aromatic rings. The second kappa shape index (κ2) is 11.2. The average molecular weight is 421 g/mol. The zero-order valence-corrected chi connectivity index (χ0v) is 18.0. The van der Waals surface area contributed by atoms with Crippen molar-refractivity contribution in [3.63, 3.8) is 0 Å². The van der Waals surface area contributed by atoms with E-state index in [9.17, 15) is 19.5 Å². The van der Waals surface area contributed by atoms with Crippen LogP contribution < -0.4 is 10.6 Å². The van der Waals surface area contributed by atoms with Gasteiger partial charge in [-0.15, -0.1) is 0 Å². The van der Waals surface area contributed by atoms with Gasteiger partial charge in [-0.1, -0.05) is 57.0 Å². The molecule has 0 aliphatic heterocycles. The number of thiol groups is 1. The summed E-state index contributed by atoms with van der Waals surface area (Å²) >= 11 is 4.55. The Hall–Kier alpha value is -2.02. The molecule has 0 unspecified atom stereocenters. The highest BCUT2D eigenvalue weighted by Gasteiger charge is 2.32. The molecule has 2 amide bonds. The summed E-state index contributed by atoms with van der Waals surface area (Å²) in [5.41, 5.74) is 0.898. The molecular formula is C22H32N2O4S. The first kappa shape index (κ1) is 23.3. The van der Waals surface area contributed by atoms with Crippen LogP contribution in [0, 0.1) is 11.8 Å². The standard InChI is InChI=1S/C22H32N2O4S/c1-14(2)12-18(22(27)28)24-21(26)17(13-15-8-4-3-5-9-15)23-20(25)16-10-6-7-11-19(16)29/h3-5,8-9,14,16-19,29H,6-7,10-13H2,1-2H3,(H,23,25)(H,24,26)(H,27,28)/t16-,17+,18+,19-/m1/s1. The molecule has 0 aromatic heterocycles. The molecule has 0 heterocycles. The van der Waals surface area contributed by atoms with Crippen molar-refractivity contribution < 1.29 is 19.5 Å². The monoisotopic (exact) mass is 420 g/mol. The third-order valence-corrected chi connectivity index (χ3v) is 5.92. The number of amides is 2. The van der Waals surface area contributed by atoms with E-state index in [1.54, 1.807) is 0 Å². The lowest BCUT2D eigenvalue weighted by Gasteiger charge is -2.29.